The largest absolute Gasteiger partial charge is 0.450 e. The summed E-state index contributed by atoms with van der Waals surface area (Å²) in [6.45, 7) is 8.75. The van der Waals surface area contributed by atoms with Crippen molar-refractivity contribution in [3.63, 3.8) is 0 Å². The second-order valence-corrected chi connectivity index (χ2v) is 6.81. The van der Waals surface area contributed by atoms with Gasteiger partial charge in [0.05, 0.1) is 6.61 Å². The first-order chi connectivity index (χ1) is 12.3. The molecule has 0 bridgehead atoms. The molecule has 0 spiro atoms. The van der Waals surface area contributed by atoms with Crippen LogP contribution in [0.2, 0.25) is 0 Å². The summed E-state index contributed by atoms with van der Waals surface area (Å²) in [6, 6.07) is 0. The maximum Gasteiger partial charge on any atom is 0.407 e. The highest BCUT2D eigenvalue weighted by Gasteiger charge is 2.00. The number of alkyl carbamates (subject to hydrolysis) is 1. The van der Waals surface area contributed by atoms with Crippen molar-refractivity contribution in [3.05, 3.63) is 25.3 Å². The Morgan fingerprint density at radius 2 is 1.12 bits per heavy atom. The SMILES string of the molecule is C=CCCCCCCCCCOC(=O)NCCCCCCCCC=C. The minimum atomic E-state index is -0.254. The van der Waals surface area contributed by atoms with Crippen molar-refractivity contribution in [2.24, 2.45) is 0 Å². The molecule has 0 aromatic rings. The Balaban J connectivity index is 3.15. The number of rotatable bonds is 19. The van der Waals surface area contributed by atoms with E-state index in [2.05, 4.69) is 18.5 Å². The highest BCUT2D eigenvalue weighted by Crippen LogP contribution is 2.09. The van der Waals surface area contributed by atoms with E-state index in [4.69, 9.17) is 4.74 Å². The van der Waals surface area contributed by atoms with Gasteiger partial charge in [-0.2, -0.15) is 0 Å². The van der Waals surface area contributed by atoms with Gasteiger partial charge in [0, 0.05) is 6.54 Å². The number of hydrogen-bond donors (Lipinski definition) is 1. The lowest BCUT2D eigenvalue weighted by Gasteiger charge is -2.07. The van der Waals surface area contributed by atoms with E-state index >= 15 is 0 Å². The first-order valence-electron chi connectivity index (χ1n) is 10.4. The average molecular weight is 352 g/mol. The second kappa shape index (κ2) is 20.8. The van der Waals surface area contributed by atoms with Crippen molar-refractivity contribution < 1.29 is 9.53 Å². The molecule has 0 fully saturated rings. The molecule has 0 aliphatic heterocycles. The monoisotopic (exact) mass is 351 g/mol. The molecule has 0 aromatic carbocycles. The molecule has 0 unspecified atom stereocenters. The van der Waals surface area contributed by atoms with Gasteiger partial charge in [0.2, 0.25) is 0 Å². The lowest BCUT2D eigenvalue weighted by molar-refractivity contribution is 0.143. The predicted molar refractivity (Wildman–Crippen MR) is 109 cm³/mol. The average Bonchev–Trinajstić information content (AvgIpc) is 2.62. The number of carbonyl (C=O) groups excluding carboxylic acids is 1. The Bertz CT molecular complexity index is 315. The first kappa shape index (κ1) is 23.8. The zero-order valence-corrected chi connectivity index (χ0v) is 16.4. The molecule has 0 heterocycles. The number of allylic oxidation sites excluding steroid dienone is 2. The van der Waals surface area contributed by atoms with E-state index in [1.165, 1.54) is 64.2 Å². The molecule has 0 saturated carbocycles. The van der Waals surface area contributed by atoms with Crippen LogP contribution in [0.25, 0.3) is 0 Å². The summed E-state index contributed by atoms with van der Waals surface area (Å²) >= 11 is 0. The topological polar surface area (TPSA) is 38.3 Å². The number of nitrogens with one attached hydrogen (secondary N) is 1. The highest BCUT2D eigenvalue weighted by molar-refractivity contribution is 5.66. The summed E-state index contributed by atoms with van der Waals surface area (Å²) in [5.41, 5.74) is 0. The van der Waals surface area contributed by atoms with E-state index in [0.29, 0.717) is 6.61 Å². The fourth-order valence-corrected chi connectivity index (χ4v) is 2.80. The molecule has 0 atom stereocenters. The first-order valence-corrected chi connectivity index (χ1v) is 10.4. The molecule has 3 nitrogen and oxygen atoms in total. The van der Waals surface area contributed by atoms with Crippen LogP contribution in [0.1, 0.15) is 96.3 Å². The third kappa shape index (κ3) is 20.7. The van der Waals surface area contributed by atoms with Gasteiger partial charge in [-0.25, -0.2) is 4.79 Å². The van der Waals surface area contributed by atoms with Crippen molar-refractivity contribution in [3.8, 4) is 0 Å². The van der Waals surface area contributed by atoms with E-state index < -0.39 is 0 Å². The fourth-order valence-electron chi connectivity index (χ4n) is 2.80. The second-order valence-electron chi connectivity index (χ2n) is 6.81. The molecule has 0 radical (unpaired) electrons. The van der Waals surface area contributed by atoms with Crippen molar-refractivity contribution >= 4 is 6.09 Å². The molecule has 0 aromatic heterocycles. The smallest absolute Gasteiger partial charge is 0.407 e. The minimum Gasteiger partial charge on any atom is -0.450 e. The lowest BCUT2D eigenvalue weighted by Crippen LogP contribution is -2.25. The Labute approximate surface area is 156 Å². The molecule has 146 valence electrons. The summed E-state index contributed by atoms with van der Waals surface area (Å²) < 4.78 is 5.20. The van der Waals surface area contributed by atoms with Gasteiger partial charge in [-0.15, -0.1) is 13.2 Å². The number of amides is 1. The summed E-state index contributed by atoms with van der Waals surface area (Å²) in [7, 11) is 0. The Morgan fingerprint density at radius 3 is 1.64 bits per heavy atom. The van der Waals surface area contributed by atoms with Crippen LogP contribution in [0, 0.1) is 0 Å². The predicted octanol–water partition coefficient (Wildman–Crippen LogP) is 6.94. The van der Waals surface area contributed by atoms with E-state index in [-0.39, 0.29) is 6.09 Å². The van der Waals surface area contributed by atoms with Crippen LogP contribution < -0.4 is 5.32 Å². The Kier molecular flexibility index (Phi) is 19.8. The third-order valence-corrected chi connectivity index (χ3v) is 4.39. The van der Waals surface area contributed by atoms with Crippen molar-refractivity contribution in [1.29, 1.82) is 0 Å². The zero-order chi connectivity index (χ0) is 18.4. The molecular formula is C22H41NO2. The third-order valence-electron chi connectivity index (χ3n) is 4.39. The number of hydrogen-bond acceptors (Lipinski definition) is 2. The van der Waals surface area contributed by atoms with Crippen LogP contribution in [-0.4, -0.2) is 19.2 Å². The standard InChI is InChI=1S/C22H41NO2/c1-3-5-7-9-11-13-15-17-19-21-25-22(24)23-20-18-16-14-12-10-8-6-4-2/h3-4H,1-2,5-21H2,(H,23,24). The van der Waals surface area contributed by atoms with Crippen molar-refractivity contribution in [1.82, 2.24) is 5.32 Å². The van der Waals surface area contributed by atoms with Crippen molar-refractivity contribution in [2.45, 2.75) is 96.3 Å². The number of ether oxygens (including phenoxy) is 1. The maximum atomic E-state index is 11.5. The summed E-state index contributed by atoms with van der Waals surface area (Å²) in [5, 5.41) is 2.84. The molecular weight excluding hydrogens is 310 g/mol. The van der Waals surface area contributed by atoms with Crippen LogP contribution in [0.5, 0.6) is 0 Å². The van der Waals surface area contributed by atoms with E-state index in [1.54, 1.807) is 0 Å². The van der Waals surface area contributed by atoms with E-state index in [1.807, 2.05) is 12.2 Å². The van der Waals surface area contributed by atoms with Gasteiger partial charge in [-0.1, -0.05) is 69.9 Å². The number of unbranched alkanes of at least 4 members (excludes halogenated alkanes) is 13. The maximum absolute atomic E-state index is 11.5. The van der Waals surface area contributed by atoms with Crippen molar-refractivity contribution in [2.75, 3.05) is 13.2 Å². The zero-order valence-electron chi connectivity index (χ0n) is 16.4. The van der Waals surface area contributed by atoms with Gasteiger partial charge in [0.1, 0.15) is 0 Å². The van der Waals surface area contributed by atoms with Crippen LogP contribution in [0.15, 0.2) is 25.3 Å². The molecule has 3 heteroatoms. The normalized spacial score (nSPS) is 10.4. The molecule has 1 amide bonds. The Hall–Kier alpha value is -1.25. The van der Waals surface area contributed by atoms with Crippen LogP contribution in [0.4, 0.5) is 4.79 Å². The van der Waals surface area contributed by atoms with Crippen LogP contribution >= 0.6 is 0 Å². The summed E-state index contributed by atoms with van der Waals surface area (Å²) in [6.07, 6.45) is 21.8. The summed E-state index contributed by atoms with van der Waals surface area (Å²) in [5.74, 6) is 0. The molecule has 25 heavy (non-hydrogen) atoms. The molecule has 0 aliphatic carbocycles. The molecule has 1 N–H and O–H groups in total. The molecule has 0 rings (SSSR count). The van der Waals surface area contributed by atoms with Crippen LogP contribution in [-0.2, 0) is 4.74 Å². The fraction of sp³-hybridized carbons (Fsp3) is 0.773. The Morgan fingerprint density at radius 1 is 0.680 bits per heavy atom. The van der Waals surface area contributed by atoms with Gasteiger partial charge >= 0.3 is 6.09 Å². The molecule has 0 aliphatic rings. The van der Waals surface area contributed by atoms with Gasteiger partial charge in [0.15, 0.2) is 0 Å². The highest BCUT2D eigenvalue weighted by atomic mass is 16.5. The van der Waals surface area contributed by atoms with Gasteiger partial charge in [-0.05, 0) is 38.5 Å². The minimum absolute atomic E-state index is 0.254. The number of carbonyl (C=O) groups is 1. The summed E-state index contributed by atoms with van der Waals surface area (Å²) in [4.78, 5) is 11.5. The molecule has 0 saturated heterocycles. The van der Waals surface area contributed by atoms with E-state index in [9.17, 15) is 4.79 Å². The van der Waals surface area contributed by atoms with Crippen LogP contribution in [0.3, 0.4) is 0 Å². The van der Waals surface area contributed by atoms with Gasteiger partial charge < -0.3 is 10.1 Å². The van der Waals surface area contributed by atoms with Gasteiger partial charge in [-0.3, -0.25) is 0 Å². The lowest BCUT2D eigenvalue weighted by atomic mass is 10.1. The quantitative estimate of drug-likeness (QED) is 0.202. The van der Waals surface area contributed by atoms with E-state index in [0.717, 1.165) is 38.6 Å². The van der Waals surface area contributed by atoms with Gasteiger partial charge in [0.25, 0.3) is 0 Å².